The zero-order valence-corrected chi connectivity index (χ0v) is 16.5. The minimum absolute atomic E-state index is 0.222. The Bertz CT molecular complexity index is 943. The number of aryl methyl sites for hydroxylation is 1. The SMILES string of the molecule is Cc1nc2ccc(Br)cc2c(=O)n1N=Cc1cc(Br)c(I)o1. The van der Waals surface area contributed by atoms with Gasteiger partial charge in [-0.3, -0.25) is 4.79 Å². The molecule has 22 heavy (non-hydrogen) atoms. The fourth-order valence-electron chi connectivity index (χ4n) is 1.94. The van der Waals surface area contributed by atoms with Crippen LogP contribution >= 0.6 is 54.5 Å². The second-order valence-electron chi connectivity index (χ2n) is 4.45. The first-order chi connectivity index (χ1) is 10.5. The molecule has 0 N–H and O–H groups in total. The third-order valence-corrected chi connectivity index (χ3v) is 5.56. The molecule has 1 aromatic carbocycles. The molecule has 3 rings (SSSR count). The summed E-state index contributed by atoms with van der Waals surface area (Å²) in [6, 6.07) is 7.18. The number of furan rings is 1. The summed E-state index contributed by atoms with van der Waals surface area (Å²) < 4.78 is 9.13. The van der Waals surface area contributed by atoms with E-state index >= 15 is 0 Å². The summed E-state index contributed by atoms with van der Waals surface area (Å²) in [4.78, 5) is 16.9. The van der Waals surface area contributed by atoms with E-state index in [-0.39, 0.29) is 5.56 Å². The molecule has 3 aromatic rings. The maximum absolute atomic E-state index is 12.5. The zero-order chi connectivity index (χ0) is 15.9. The van der Waals surface area contributed by atoms with Gasteiger partial charge in [-0.1, -0.05) is 15.9 Å². The van der Waals surface area contributed by atoms with Crippen LogP contribution in [0.25, 0.3) is 10.9 Å². The lowest BCUT2D eigenvalue weighted by atomic mass is 10.2. The van der Waals surface area contributed by atoms with E-state index in [9.17, 15) is 4.79 Å². The Morgan fingerprint density at radius 1 is 1.36 bits per heavy atom. The quantitative estimate of drug-likeness (QED) is 0.362. The Morgan fingerprint density at radius 2 is 2.14 bits per heavy atom. The third-order valence-electron chi connectivity index (χ3n) is 2.93. The standard InChI is InChI=1S/C14H8Br2IN3O2/c1-7-19-12-3-2-8(15)4-10(12)14(21)20(7)18-6-9-5-11(16)13(17)22-9/h2-6H,1H3. The van der Waals surface area contributed by atoms with Gasteiger partial charge >= 0.3 is 0 Å². The van der Waals surface area contributed by atoms with Crippen molar-refractivity contribution in [2.24, 2.45) is 5.10 Å². The van der Waals surface area contributed by atoms with E-state index in [4.69, 9.17) is 4.42 Å². The topological polar surface area (TPSA) is 60.4 Å². The first-order valence-corrected chi connectivity index (χ1v) is 8.80. The van der Waals surface area contributed by atoms with Crippen LogP contribution in [-0.2, 0) is 0 Å². The maximum atomic E-state index is 12.5. The Hall–Kier alpha value is -1.000. The Kier molecular flexibility index (Phi) is 4.51. The average molecular weight is 537 g/mol. The maximum Gasteiger partial charge on any atom is 0.282 e. The number of hydrogen-bond donors (Lipinski definition) is 0. The normalized spacial score (nSPS) is 11.6. The molecule has 5 nitrogen and oxygen atoms in total. The molecule has 0 atom stereocenters. The fourth-order valence-corrected chi connectivity index (χ4v) is 3.01. The van der Waals surface area contributed by atoms with Gasteiger partial charge in [0.2, 0.25) is 0 Å². The van der Waals surface area contributed by atoms with Crippen LogP contribution in [0, 0.1) is 10.7 Å². The molecule has 2 heterocycles. The van der Waals surface area contributed by atoms with Crippen LogP contribution < -0.4 is 5.56 Å². The molecule has 0 amide bonds. The summed E-state index contributed by atoms with van der Waals surface area (Å²) in [5, 5.41) is 4.70. The van der Waals surface area contributed by atoms with Gasteiger partial charge in [-0.25, -0.2) is 4.98 Å². The van der Waals surface area contributed by atoms with Crippen LogP contribution in [0.1, 0.15) is 11.6 Å². The molecule has 0 unspecified atom stereocenters. The van der Waals surface area contributed by atoms with Crippen LogP contribution in [0.15, 0.2) is 47.5 Å². The number of fused-ring (bicyclic) bond motifs is 1. The first-order valence-electron chi connectivity index (χ1n) is 6.14. The molecular weight excluding hydrogens is 529 g/mol. The van der Waals surface area contributed by atoms with E-state index in [1.54, 1.807) is 25.1 Å². The van der Waals surface area contributed by atoms with Crippen LogP contribution in [0.5, 0.6) is 0 Å². The molecule has 2 aromatic heterocycles. The summed E-state index contributed by atoms with van der Waals surface area (Å²) in [5.41, 5.74) is 0.424. The largest absolute Gasteiger partial charge is 0.448 e. The Labute approximate surface area is 155 Å². The molecular formula is C14H8Br2IN3O2. The highest BCUT2D eigenvalue weighted by molar-refractivity contribution is 14.1. The lowest BCUT2D eigenvalue weighted by Gasteiger charge is -2.05. The number of rotatable bonds is 2. The van der Waals surface area contributed by atoms with E-state index < -0.39 is 0 Å². The summed E-state index contributed by atoms with van der Waals surface area (Å²) in [5.74, 6) is 1.06. The van der Waals surface area contributed by atoms with Gasteiger partial charge in [0.05, 0.1) is 21.6 Å². The number of nitrogens with zero attached hydrogens (tertiary/aromatic N) is 3. The minimum atomic E-state index is -0.222. The van der Waals surface area contributed by atoms with Crippen LogP contribution in [0.2, 0.25) is 0 Å². The van der Waals surface area contributed by atoms with E-state index in [0.717, 1.165) is 12.7 Å². The predicted octanol–water partition coefficient (Wildman–Crippen LogP) is 4.31. The van der Waals surface area contributed by atoms with Gasteiger partial charge < -0.3 is 4.42 Å². The summed E-state index contributed by atoms with van der Waals surface area (Å²) in [6.07, 6.45) is 1.49. The highest BCUT2D eigenvalue weighted by Crippen LogP contribution is 2.22. The Morgan fingerprint density at radius 3 is 2.82 bits per heavy atom. The van der Waals surface area contributed by atoms with Crippen molar-refractivity contribution in [2.45, 2.75) is 6.92 Å². The van der Waals surface area contributed by atoms with Gasteiger partial charge in [-0.15, -0.1) is 0 Å². The molecule has 0 saturated carbocycles. The molecule has 0 radical (unpaired) electrons. The average Bonchev–Trinajstić information content (AvgIpc) is 2.78. The Balaban J connectivity index is 2.12. The van der Waals surface area contributed by atoms with Crippen LogP contribution in [-0.4, -0.2) is 15.9 Å². The molecule has 0 aliphatic carbocycles. The summed E-state index contributed by atoms with van der Waals surface area (Å²) >= 11 is 8.79. The number of aromatic nitrogens is 2. The van der Waals surface area contributed by atoms with Gasteiger partial charge in [-0.05, 0) is 41.1 Å². The highest BCUT2D eigenvalue weighted by atomic mass is 127. The van der Waals surface area contributed by atoms with Crippen molar-refractivity contribution in [1.29, 1.82) is 0 Å². The fraction of sp³-hybridized carbons (Fsp3) is 0.0714. The highest BCUT2D eigenvalue weighted by Gasteiger charge is 2.08. The molecule has 0 bridgehead atoms. The number of benzene rings is 1. The minimum Gasteiger partial charge on any atom is -0.448 e. The van der Waals surface area contributed by atoms with Gasteiger partial charge in [0, 0.05) is 33.1 Å². The zero-order valence-electron chi connectivity index (χ0n) is 11.2. The van der Waals surface area contributed by atoms with Crippen molar-refractivity contribution >= 4 is 71.6 Å². The van der Waals surface area contributed by atoms with E-state index in [0.29, 0.717) is 22.5 Å². The van der Waals surface area contributed by atoms with Crippen LogP contribution in [0.4, 0.5) is 0 Å². The van der Waals surface area contributed by atoms with E-state index in [1.165, 1.54) is 10.9 Å². The number of halogens is 3. The molecule has 8 heteroatoms. The van der Waals surface area contributed by atoms with Crippen molar-refractivity contribution in [2.75, 3.05) is 0 Å². The molecule has 0 spiro atoms. The van der Waals surface area contributed by atoms with Gasteiger partial charge in [0.25, 0.3) is 5.56 Å². The van der Waals surface area contributed by atoms with Gasteiger partial charge in [0.1, 0.15) is 11.6 Å². The van der Waals surface area contributed by atoms with Gasteiger partial charge in [-0.2, -0.15) is 9.78 Å². The molecule has 0 aliphatic heterocycles. The van der Waals surface area contributed by atoms with Crippen LogP contribution in [0.3, 0.4) is 0 Å². The lowest BCUT2D eigenvalue weighted by molar-refractivity contribution is 0.529. The van der Waals surface area contributed by atoms with Crippen molar-refractivity contribution in [3.05, 3.63) is 58.9 Å². The van der Waals surface area contributed by atoms with Gasteiger partial charge in [0.15, 0.2) is 3.77 Å². The van der Waals surface area contributed by atoms with Crippen molar-refractivity contribution in [1.82, 2.24) is 9.66 Å². The van der Waals surface area contributed by atoms with Crippen molar-refractivity contribution in [3.8, 4) is 0 Å². The van der Waals surface area contributed by atoms with Crippen molar-refractivity contribution < 1.29 is 4.42 Å². The number of hydrogen-bond acceptors (Lipinski definition) is 4. The van der Waals surface area contributed by atoms with Crippen molar-refractivity contribution in [3.63, 3.8) is 0 Å². The van der Waals surface area contributed by atoms with E-state index in [1.807, 2.05) is 6.07 Å². The molecule has 112 valence electrons. The molecule has 0 aliphatic rings. The van der Waals surface area contributed by atoms with E-state index in [2.05, 4.69) is 64.5 Å². The monoisotopic (exact) mass is 535 g/mol. The smallest absolute Gasteiger partial charge is 0.282 e. The molecule has 0 saturated heterocycles. The molecule has 0 fully saturated rings. The second kappa shape index (κ2) is 6.25. The lowest BCUT2D eigenvalue weighted by Crippen LogP contribution is -2.20. The summed E-state index contributed by atoms with van der Waals surface area (Å²) in [6.45, 7) is 1.74. The summed E-state index contributed by atoms with van der Waals surface area (Å²) in [7, 11) is 0. The predicted molar refractivity (Wildman–Crippen MR) is 101 cm³/mol. The first kappa shape index (κ1) is 15.9. The second-order valence-corrected chi connectivity index (χ2v) is 7.20. The third kappa shape index (κ3) is 3.04.